The first kappa shape index (κ1) is 54.7. The van der Waals surface area contributed by atoms with Crippen LogP contribution in [0.25, 0.3) is 0 Å². The zero-order valence-corrected chi connectivity index (χ0v) is 44.0. The van der Waals surface area contributed by atoms with Gasteiger partial charge in [-0.25, -0.2) is 0 Å². The monoisotopic (exact) mass is 1010 g/mol. The average molecular weight is 1020 g/mol. The lowest BCUT2D eigenvalue weighted by Crippen LogP contribution is -2.58. The summed E-state index contributed by atoms with van der Waals surface area (Å²) in [5.74, 6) is 11.8. The van der Waals surface area contributed by atoms with Gasteiger partial charge in [0.1, 0.15) is 37.4 Å². The molecule has 378 valence electrons. The number of thiocarbonyl (C=S) groups is 1. The minimum absolute atomic E-state index is 0.0521. The molecule has 0 radical (unpaired) electrons. The molecule has 0 spiro atoms. The predicted molar refractivity (Wildman–Crippen MR) is 280 cm³/mol. The standard InChI is InChI=1S/C52H70N8O7S3/c1-33(53-7)45(61)55-37-23-27-69-41-29-51(3,4)43(59(41)49(37)64)46(62)56-39(35-19-13-11-14-20-35)31-66-25-17-9-10-18-26-67-32-40(36-21-15-12-16-22-36)57-47(63)44-52(5,6)30-42-60(44)50(65)38(24-28-70-42)58-48(68)34(2)54-8/h11-16,19-22,33-34,37-44,53-54H,23-32H2,1-8H3,(H,55,61)(H,56,62)(H,57,63)(H,58,68)/t33?,34?,37-,38-,39?,40?,41-,42-,43+,44+/m0/s1. The van der Waals surface area contributed by atoms with Crippen molar-refractivity contribution in [2.24, 2.45) is 10.8 Å². The largest absolute Gasteiger partial charge is 0.367 e. The van der Waals surface area contributed by atoms with Crippen molar-refractivity contribution < 1.29 is 33.4 Å². The summed E-state index contributed by atoms with van der Waals surface area (Å²) < 4.78 is 12.0. The summed E-state index contributed by atoms with van der Waals surface area (Å²) in [4.78, 5) is 73.8. The fraction of sp³-hybridized carbons (Fsp3) is 0.577. The molecule has 4 unspecified atom stereocenters. The van der Waals surface area contributed by atoms with Gasteiger partial charge in [-0.2, -0.15) is 0 Å². The highest BCUT2D eigenvalue weighted by Crippen LogP contribution is 2.48. The minimum atomic E-state index is -0.760. The lowest BCUT2D eigenvalue weighted by Gasteiger charge is -2.35. The van der Waals surface area contributed by atoms with E-state index in [-0.39, 0.29) is 72.8 Å². The first-order valence-corrected chi connectivity index (χ1v) is 26.6. The smallest absolute Gasteiger partial charge is 0.246 e. The fourth-order valence-corrected chi connectivity index (χ4v) is 12.9. The molecule has 4 saturated heterocycles. The lowest BCUT2D eigenvalue weighted by atomic mass is 9.83. The maximum absolute atomic E-state index is 14.4. The van der Waals surface area contributed by atoms with Gasteiger partial charge in [0.25, 0.3) is 0 Å². The number of carbonyl (C=O) groups excluding carboxylic acids is 5. The van der Waals surface area contributed by atoms with Crippen molar-refractivity contribution in [1.82, 2.24) is 41.7 Å². The molecule has 5 amide bonds. The van der Waals surface area contributed by atoms with Crippen LogP contribution in [-0.4, -0.2) is 143 Å². The molecule has 2 aromatic rings. The van der Waals surface area contributed by atoms with Crippen LogP contribution >= 0.6 is 35.7 Å². The fourth-order valence-electron chi connectivity index (χ4n) is 9.49. The maximum atomic E-state index is 14.4. The normalized spacial score (nSPS) is 25.1. The molecule has 18 heteroatoms. The van der Waals surface area contributed by atoms with Gasteiger partial charge >= 0.3 is 0 Å². The van der Waals surface area contributed by atoms with Crippen molar-refractivity contribution in [1.29, 1.82) is 0 Å². The molecule has 10 atom stereocenters. The molecule has 0 aromatic heterocycles. The second-order valence-corrected chi connectivity index (χ2v) is 22.6. The average Bonchev–Trinajstić information content (AvgIpc) is 3.66. The third-order valence-electron chi connectivity index (χ3n) is 13.6. The molecule has 4 aliphatic heterocycles. The van der Waals surface area contributed by atoms with Gasteiger partial charge in [0.2, 0.25) is 29.5 Å². The first-order valence-electron chi connectivity index (χ1n) is 24.1. The van der Waals surface area contributed by atoms with E-state index < -0.39 is 53.1 Å². The quantitative estimate of drug-likeness (QED) is 0.0720. The van der Waals surface area contributed by atoms with E-state index in [1.54, 1.807) is 47.3 Å². The SMILES string of the molecule is CNC(C)C(=O)N[C@H]1CCS[C@H]2CC(C)(C)[C@@H](C(=O)NC(COCC#CC#CCOCC(NC(=O)[C@H]3N4C(=O)[C@@H](NC(=S)C(C)NC)CCS[C@H]4CC3(C)C)c3ccccc3)c3ccccc3)N2C1=O. The van der Waals surface area contributed by atoms with Crippen LogP contribution in [0.5, 0.6) is 0 Å². The number of thioether (sulfide) groups is 2. The van der Waals surface area contributed by atoms with E-state index >= 15 is 0 Å². The van der Waals surface area contributed by atoms with Gasteiger partial charge in [0.05, 0.1) is 53.1 Å². The van der Waals surface area contributed by atoms with E-state index in [1.807, 2.05) is 102 Å². The molecule has 2 aromatic carbocycles. The number of nitrogens with one attached hydrogen (secondary N) is 6. The van der Waals surface area contributed by atoms with E-state index in [1.165, 1.54) is 0 Å². The number of rotatable bonds is 18. The molecule has 6 rings (SSSR count). The highest BCUT2D eigenvalue weighted by atomic mass is 32.2. The van der Waals surface area contributed by atoms with Crippen LogP contribution in [0.15, 0.2) is 60.7 Å². The van der Waals surface area contributed by atoms with Gasteiger partial charge < -0.3 is 51.2 Å². The summed E-state index contributed by atoms with van der Waals surface area (Å²) in [6, 6.07) is 14.8. The molecule has 15 nitrogen and oxygen atoms in total. The van der Waals surface area contributed by atoms with Gasteiger partial charge in [0, 0.05) is 0 Å². The molecule has 4 heterocycles. The molecular formula is C52H70N8O7S3. The Bertz CT molecular complexity index is 2140. The van der Waals surface area contributed by atoms with Gasteiger partial charge in [-0.05, 0) is 98.9 Å². The zero-order chi connectivity index (χ0) is 50.6. The number of nitrogens with zero attached hydrogens (tertiary/aromatic N) is 2. The van der Waals surface area contributed by atoms with Gasteiger partial charge in [-0.3, -0.25) is 24.0 Å². The third-order valence-corrected chi connectivity index (χ3v) is 16.5. The maximum Gasteiger partial charge on any atom is 0.246 e. The van der Waals surface area contributed by atoms with Crippen molar-refractivity contribution >= 4 is 70.3 Å². The molecular weight excluding hydrogens is 945 g/mol. The van der Waals surface area contributed by atoms with Crippen molar-refractivity contribution in [2.75, 3.05) is 52.0 Å². The van der Waals surface area contributed by atoms with Crippen molar-refractivity contribution in [3.8, 4) is 23.7 Å². The summed E-state index contributed by atoms with van der Waals surface area (Å²) in [5.41, 5.74) is 0.696. The number of amides is 5. The second-order valence-electron chi connectivity index (χ2n) is 19.6. The van der Waals surface area contributed by atoms with Crippen molar-refractivity contribution in [2.45, 2.75) is 126 Å². The van der Waals surface area contributed by atoms with E-state index in [0.29, 0.717) is 36.4 Å². The Hall–Kier alpha value is -4.66. The molecule has 4 fully saturated rings. The molecule has 4 aliphatic rings. The van der Waals surface area contributed by atoms with Crippen LogP contribution in [0, 0.1) is 34.5 Å². The van der Waals surface area contributed by atoms with Gasteiger partial charge in [-0.15, -0.1) is 23.5 Å². The van der Waals surface area contributed by atoms with Crippen LogP contribution in [-0.2, 0) is 33.4 Å². The Kier molecular flexibility index (Phi) is 19.6. The molecule has 6 N–H and O–H groups in total. The summed E-state index contributed by atoms with van der Waals surface area (Å²) in [6.45, 7) is 12.2. The van der Waals surface area contributed by atoms with Crippen molar-refractivity contribution in [3.05, 3.63) is 71.8 Å². The van der Waals surface area contributed by atoms with Crippen LogP contribution in [0.1, 0.15) is 90.4 Å². The second kappa shape index (κ2) is 25.1. The first-order chi connectivity index (χ1) is 33.5. The highest BCUT2D eigenvalue weighted by Gasteiger charge is 2.56. The number of hydrogen-bond donors (Lipinski definition) is 6. The molecule has 70 heavy (non-hydrogen) atoms. The number of hydrogen-bond acceptors (Lipinski definition) is 12. The Morgan fingerprint density at radius 2 is 1.10 bits per heavy atom. The highest BCUT2D eigenvalue weighted by molar-refractivity contribution is 8.00. The van der Waals surface area contributed by atoms with Crippen LogP contribution in [0.2, 0.25) is 0 Å². The minimum Gasteiger partial charge on any atom is -0.367 e. The Balaban J connectivity index is 1.04. The Morgan fingerprint density at radius 1 is 0.686 bits per heavy atom. The Morgan fingerprint density at radius 3 is 1.51 bits per heavy atom. The summed E-state index contributed by atoms with van der Waals surface area (Å²) in [5, 5.41) is 18.3. The van der Waals surface area contributed by atoms with E-state index in [4.69, 9.17) is 21.7 Å². The topological polar surface area (TPSA) is 182 Å². The summed E-state index contributed by atoms with van der Waals surface area (Å²) in [6.07, 6.45) is 2.42. The molecule has 0 saturated carbocycles. The number of benzene rings is 2. The predicted octanol–water partition coefficient (Wildman–Crippen LogP) is 3.91. The summed E-state index contributed by atoms with van der Waals surface area (Å²) in [7, 11) is 3.52. The van der Waals surface area contributed by atoms with E-state index in [2.05, 4.69) is 55.6 Å². The third kappa shape index (κ3) is 13.6. The van der Waals surface area contributed by atoms with Crippen LogP contribution in [0.3, 0.4) is 0 Å². The van der Waals surface area contributed by atoms with Crippen LogP contribution < -0.4 is 31.9 Å². The number of fused-ring (bicyclic) bond motifs is 2. The number of likely N-dealkylation sites (N-methyl/N-ethyl adjacent to an activating group) is 2. The zero-order valence-electron chi connectivity index (χ0n) is 41.6. The molecule has 0 bridgehead atoms. The van der Waals surface area contributed by atoms with E-state index in [0.717, 1.165) is 16.9 Å². The molecule has 0 aliphatic carbocycles. The van der Waals surface area contributed by atoms with Gasteiger partial charge in [0.15, 0.2) is 0 Å². The Labute approximate surface area is 428 Å². The lowest BCUT2D eigenvalue weighted by molar-refractivity contribution is -0.144. The summed E-state index contributed by atoms with van der Waals surface area (Å²) >= 11 is 8.96. The van der Waals surface area contributed by atoms with E-state index in [9.17, 15) is 24.0 Å². The van der Waals surface area contributed by atoms with Crippen molar-refractivity contribution in [3.63, 3.8) is 0 Å². The number of ether oxygens (including phenoxy) is 2. The number of carbonyl (C=O) groups is 5. The van der Waals surface area contributed by atoms with Gasteiger partial charge in [-0.1, -0.05) is 112 Å². The van der Waals surface area contributed by atoms with Crippen LogP contribution in [0.4, 0.5) is 0 Å².